The highest BCUT2D eigenvalue weighted by molar-refractivity contribution is 5.67. The Balaban J connectivity index is 3.66. The fraction of sp³-hybridized carbons (Fsp3) is 0.920. The Morgan fingerprint density at radius 2 is 1.17 bits per heavy atom. The lowest BCUT2D eigenvalue weighted by Gasteiger charge is -2.16. The topological polar surface area (TPSA) is 61.8 Å². The van der Waals surface area contributed by atoms with E-state index in [1.54, 1.807) is 0 Å². The van der Waals surface area contributed by atoms with Gasteiger partial charge in [-0.25, -0.2) is 0 Å². The summed E-state index contributed by atoms with van der Waals surface area (Å²) in [5.41, 5.74) is 0. The van der Waals surface area contributed by atoms with E-state index in [1.807, 2.05) is 0 Å². The molecule has 0 aliphatic rings. The fourth-order valence-electron chi connectivity index (χ4n) is 3.32. The molecule has 2 unspecified atom stereocenters. The van der Waals surface area contributed by atoms with Gasteiger partial charge in [0.05, 0.1) is 7.98 Å². The van der Waals surface area contributed by atoms with Crippen LogP contribution in [0.25, 0.3) is 0 Å². The van der Waals surface area contributed by atoms with Crippen LogP contribution in [0.15, 0.2) is 0 Å². The predicted octanol–water partition coefficient (Wildman–Crippen LogP) is 6.76. The minimum Gasteiger partial charge on any atom is -0.462 e. The molecule has 178 valence electrons. The van der Waals surface area contributed by atoms with Crippen molar-refractivity contribution >= 4 is 11.9 Å². The second kappa shape index (κ2) is 22.6. The van der Waals surface area contributed by atoms with Crippen molar-refractivity contribution in [2.24, 2.45) is 0 Å². The molecule has 0 fully saturated rings. The number of ether oxygens (including phenoxy) is 3. The first kappa shape index (κ1) is 25.2. The van der Waals surface area contributed by atoms with E-state index in [0.717, 1.165) is 12.8 Å². The van der Waals surface area contributed by atoms with Crippen molar-refractivity contribution in [3.05, 3.63) is 0 Å². The molecule has 0 aliphatic carbocycles. The lowest BCUT2D eigenvalue weighted by Crippen LogP contribution is -2.28. The Bertz CT molecular complexity index is 462. The number of carbonyl (C=O) groups excluding carboxylic acids is 2. The smallest absolute Gasteiger partial charge is 0.303 e. The maximum Gasteiger partial charge on any atom is 0.303 e. The molecule has 0 aromatic rings. The van der Waals surface area contributed by atoms with Crippen molar-refractivity contribution in [1.82, 2.24) is 0 Å². The van der Waals surface area contributed by atoms with E-state index in [0.29, 0.717) is 6.42 Å². The van der Waals surface area contributed by atoms with Gasteiger partial charge in [0, 0.05) is 21.8 Å². The molecule has 0 bridgehead atoms. The molecule has 5 heteroatoms. The van der Waals surface area contributed by atoms with Gasteiger partial charge in [-0.05, 0) is 6.40 Å². The van der Waals surface area contributed by atoms with Gasteiger partial charge in [0.2, 0.25) is 0 Å². The average Bonchev–Trinajstić information content (AvgIpc) is 2.75. The van der Waals surface area contributed by atoms with Crippen LogP contribution in [0.5, 0.6) is 0 Å². The highest BCUT2D eigenvalue weighted by Crippen LogP contribution is 2.13. The first-order valence-corrected chi connectivity index (χ1v) is 12.1. The molecule has 0 saturated heterocycles. The molecule has 0 spiro atoms. The molecule has 0 saturated carbocycles. The van der Waals surface area contributed by atoms with Crippen LogP contribution in [0.2, 0.25) is 0 Å². The van der Waals surface area contributed by atoms with E-state index >= 15 is 0 Å². The summed E-state index contributed by atoms with van der Waals surface area (Å²) in [6.45, 7) is 3.62. The molecule has 0 rings (SSSR count). The molecular formula is C25H48O5. The number of esters is 2. The van der Waals surface area contributed by atoms with E-state index in [-0.39, 0.29) is 13.2 Å². The van der Waals surface area contributed by atoms with Crippen LogP contribution in [-0.2, 0) is 23.8 Å². The standard InChI is InChI=1S/C25H48O5/c1-4-5-6-7-8-9-10-11-12-13-14-15-16-17-18-19-20-28-21-25(30-24(3)27)22-29-23(2)26/h25H,4-22H2,1-3H3/t25-/m1/s1/i19T,20T/t19?,20?,25-. The van der Waals surface area contributed by atoms with Gasteiger partial charge in [-0.1, -0.05) is 103 Å². The molecule has 0 aromatic carbocycles. The van der Waals surface area contributed by atoms with Crippen molar-refractivity contribution in [2.45, 2.75) is 130 Å². The third-order valence-corrected chi connectivity index (χ3v) is 5.00. The molecule has 0 radical (unpaired) electrons. The first-order chi connectivity index (χ1) is 15.4. The summed E-state index contributed by atoms with van der Waals surface area (Å²) >= 11 is 0. The Hall–Kier alpha value is -1.10. The maximum atomic E-state index is 11.1. The number of hydrogen-bond acceptors (Lipinski definition) is 5. The summed E-state index contributed by atoms with van der Waals surface area (Å²) in [5, 5.41) is 0. The number of hydrogen-bond donors (Lipinski definition) is 0. The summed E-state index contributed by atoms with van der Waals surface area (Å²) < 4.78 is 31.3. The van der Waals surface area contributed by atoms with Gasteiger partial charge in [0.15, 0.2) is 6.10 Å². The van der Waals surface area contributed by atoms with Crippen LogP contribution in [0.1, 0.15) is 126 Å². The van der Waals surface area contributed by atoms with E-state index < -0.39 is 31.0 Å². The third kappa shape index (κ3) is 23.2. The van der Waals surface area contributed by atoms with Crippen LogP contribution in [-0.4, -0.2) is 37.8 Å². The van der Waals surface area contributed by atoms with Gasteiger partial charge in [-0.3, -0.25) is 9.59 Å². The lowest BCUT2D eigenvalue weighted by molar-refractivity contribution is -0.159. The van der Waals surface area contributed by atoms with Crippen molar-refractivity contribution in [3.63, 3.8) is 0 Å². The Labute approximate surface area is 188 Å². The van der Waals surface area contributed by atoms with E-state index in [2.05, 4.69) is 6.92 Å². The Morgan fingerprint density at radius 1 is 0.700 bits per heavy atom. The van der Waals surface area contributed by atoms with Gasteiger partial charge < -0.3 is 14.2 Å². The molecular weight excluding hydrogens is 380 g/mol. The second-order valence-corrected chi connectivity index (χ2v) is 8.12. The summed E-state index contributed by atoms with van der Waals surface area (Å²) in [7, 11) is 0. The molecule has 0 N–H and O–H groups in total. The van der Waals surface area contributed by atoms with Crippen molar-refractivity contribution in [3.8, 4) is 0 Å². The van der Waals surface area contributed by atoms with Crippen LogP contribution < -0.4 is 0 Å². The monoisotopic (exact) mass is 432 g/mol. The van der Waals surface area contributed by atoms with Crippen LogP contribution in [0.4, 0.5) is 0 Å². The zero-order valence-corrected chi connectivity index (χ0v) is 19.8. The number of rotatable bonds is 22. The van der Waals surface area contributed by atoms with E-state index in [4.69, 9.17) is 17.0 Å². The molecule has 0 aromatic heterocycles. The van der Waals surface area contributed by atoms with Crippen LogP contribution in [0.3, 0.4) is 0 Å². The quantitative estimate of drug-likeness (QED) is 0.140. The highest BCUT2D eigenvalue weighted by Gasteiger charge is 2.14. The first-order valence-electron chi connectivity index (χ1n) is 13.3. The molecule has 0 heterocycles. The van der Waals surface area contributed by atoms with Crippen LogP contribution >= 0.6 is 0 Å². The largest absolute Gasteiger partial charge is 0.462 e. The van der Waals surface area contributed by atoms with Crippen LogP contribution in [0, 0.1) is 0 Å². The van der Waals surface area contributed by atoms with E-state index in [9.17, 15) is 9.59 Å². The summed E-state index contributed by atoms with van der Waals surface area (Å²) in [4.78, 5) is 22.1. The zero-order valence-electron chi connectivity index (χ0n) is 21.8. The molecule has 5 nitrogen and oxygen atoms in total. The van der Waals surface area contributed by atoms with Gasteiger partial charge in [-0.15, -0.1) is 0 Å². The summed E-state index contributed by atoms with van der Waals surface area (Å²) in [6.07, 6.45) is 17.3. The zero-order chi connectivity index (χ0) is 24.0. The highest BCUT2D eigenvalue weighted by atomic mass is 16.6. The number of unbranched alkanes of at least 4 members (excludes halogenated alkanes) is 13. The SMILES string of the molecule is [3H]C(CCCCCCCCCCCCCCCC)C([3H])OC[C@H](COC(C)=O)OC(C)=O. The minimum atomic E-state index is -1.01. The lowest BCUT2D eigenvalue weighted by atomic mass is 10.0. The predicted molar refractivity (Wildman–Crippen MR) is 123 cm³/mol. The van der Waals surface area contributed by atoms with Gasteiger partial charge in [-0.2, -0.15) is 0 Å². The van der Waals surface area contributed by atoms with Gasteiger partial charge in [0.1, 0.15) is 6.61 Å². The molecule has 0 aliphatic heterocycles. The number of carbonyl (C=O) groups is 2. The fourth-order valence-corrected chi connectivity index (χ4v) is 3.32. The normalized spacial score (nSPS) is 15.0. The Morgan fingerprint density at radius 3 is 1.60 bits per heavy atom. The second-order valence-electron chi connectivity index (χ2n) is 8.12. The summed E-state index contributed by atoms with van der Waals surface area (Å²) in [5.74, 6) is -0.974. The summed E-state index contributed by atoms with van der Waals surface area (Å²) in [6, 6.07) is 0. The Kier molecular flexibility index (Phi) is 18.9. The van der Waals surface area contributed by atoms with Crippen molar-refractivity contribution < 1.29 is 26.5 Å². The molecule has 30 heavy (non-hydrogen) atoms. The molecule has 3 atom stereocenters. The van der Waals surface area contributed by atoms with Gasteiger partial charge >= 0.3 is 11.9 Å². The molecule has 0 amide bonds. The van der Waals surface area contributed by atoms with Gasteiger partial charge in [0.25, 0.3) is 0 Å². The van der Waals surface area contributed by atoms with E-state index in [1.165, 1.54) is 90.9 Å². The van der Waals surface area contributed by atoms with Crippen molar-refractivity contribution in [1.29, 1.82) is 0 Å². The average molecular weight is 433 g/mol. The minimum absolute atomic E-state index is 0.0604. The maximum absolute atomic E-state index is 11.1. The third-order valence-electron chi connectivity index (χ3n) is 5.00. The van der Waals surface area contributed by atoms with Crippen molar-refractivity contribution in [2.75, 3.05) is 19.8 Å².